The second kappa shape index (κ2) is 7.16. The fourth-order valence-corrected chi connectivity index (χ4v) is 3.96. The van der Waals surface area contributed by atoms with Crippen molar-refractivity contribution in [2.45, 2.75) is 51.5 Å². The number of aromatic nitrogens is 1. The molecule has 0 radical (unpaired) electrons. The third kappa shape index (κ3) is 3.43. The molecule has 0 bridgehead atoms. The highest BCUT2D eigenvalue weighted by molar-refractivity contribution is 5.41. The van der Waals surface area contributed by atoms with Crippen LogP contribution in [0.1, 0.15) is 48.4 Å². The Morgan fingerprint density at radius 1 is 1.21 bits per heavy atom. The first kappa shape index (κ1) is 21.4. The van der Waals surface area contributed by atoms with Gasteiger partial charge in [-0.1, -0.05) is 13.0 Å². The Kier molecular flexibility index (Phi) is 5.28. The van der Waals surface area contributed by atoms with E-state index in [2.05, 4.69) is 4.98 Å². The highest BCUT2D eigenvalue weighted by atomic mass is 19.4. The van der Waals surface area contributed by atoms with Gasteiger partial charge in [0.2, 0.25) is 0 Å². The molecule has 4 atom stereocenters. The number of H-pyrrole nitrogens is 1. The number of hydrogen-bond donors (Lipinski definition) is 1. The van der Waals surface area contributed by atoms with Gasteiger partial charge in [-0.3, -0.25) is 4.79 Å². The first-order valence-corrected chi connectivity index (χ1v) is 9.19. The van der Waals surface area contributed by atoms with Gasteiger partial charge in [0, 0.05) is 46.5 Å². The van der Waals surface area contributed by atoms with E-state index in [4.69, 9.17) is 9.47 Å². The summed E-state index contributed by atoms with van der Waals surface area (Å²) in [5.74, 6) is -2.29. The van der Waals surface area contributed by atoms with E-state index >= 15 is 0 Å². The zero-order valence-corrected chi connectivity index (χ0v) is 16.8. The molecule has 3 rings (SSSR count). The van der Waals surface area contributed by atoms with Gasteiger partial charge in [-0.2, -0.15) is 13.2 Å². The topological polar surface area (TPSA) is 51.3 Å². The van der Waals surface area contributed by atoms with Gasteiger partial charge in [0.05, 0.1) is 7.11 Å². The maximum Gasteiger partial charge on any atom is 0.417 e. The SMILES string of the molecule is COc1cc(F)ccc1[C@H]1[C@H](c2cc(=O)c(C)c(C)[nH]2)O[C@@](C)(C(F)(F)F)[C@H]1C. The van der Waals surface area contributed by atoms with Crippen LogP contribution in [0.3, 0.4) is 0 Å². The number of aromatic amines is 1. The quantitative estimate of drug-likeness (QED) is 0.725. The smallest absolute Gasteiger partial charge is 0.417 e. The number of rotatable bonds is 3. The number of alkyl halides is 3. The van der Waals surface area contributed by atoms with Crippen molar-refractivity contribution < 1.29 is 27.0 Å². The zero-order valence-electron chi connectivity index (χ0n) is 16.8. The molecule has 0 aliphatic carbocycles. The van der Waals surface area contributed by atoms with Gasteiger partial charge in [-0.25, -0.2) is 4.39 Å². The standard InChI is InChI=1S/C21H23F4NO3/c1-10-12(3)26-15(9-16(10)27)19-18(11(2)20(4,29-19)21(23,24)25)14-7-6-13(22)8-17(14)28-5/h6-9,11,18-19H,1-5H3,(H,26,27)/t11-,18-,19-,20+/m0/s1. The summed E-state index contributed by atoms with van der Waals surface area (Å²) >= 11 is 0. The number of benzene rings is 1. The molecule has 158 valence electrons. The van der Waals surface area contributed by atoms with Crippen LogP contribution in [0, 0.1) is 25.6 Å². The van der Waals surface area contributed by atoms with E-state index in [0.717, 1.165) is 13.0 Å². The molecule has 1 fully saturated rings. The van der Waals surface area contributed by atoms with E-state index in [1.54, 1.807) is 13.8 Å². The average Bonchev–Trinajstić information content (AvgIpc) is 2.91. The Bertz CT molecular complexity index is 985. The van der Waals surface area contributed by atoms with Gasteiger partial charge in [0.25, 0.3) is 0 Å². The predicted molar refractivity (Wildman–Crippen MR) is 99.7 cm³/mol. The molecule has 8 heteroatoms. The van der Waals surface area contributed by atoms with Gasteiger partial charge in [-0.15, -0.1) is 0 Å². The lowest BCUT2D eigenvalue weighted by molar-refractivity contribution is -0.275. The van der Waals surface area contributed by atoms with Gasteiger partial charge < -0.3 is 14.5 Å². The fraction of sp³-hybridized carbons (Fsp3) is 0.476. The van der Waals surface area contributed by atoms with Crippen LogP contribution in [-0.4, -0.2) is 23.9 Å². The summed E-state index contributed by atoms with van der Waals surface area (Å²) < 4.78 is 66.4. The van der Waals surface area contributed by atoms with Gasteiger partial charge in [-0.05, 0) is 26.8 Å². The fourth-order valence-electron chi connectivity index (χ4n) is 3.96. The number of nitrogens with one attached hydrogen (secondary N) is 1. The molecule has 29 heavy (non-hydrogen) atoms. The highest BCUT2D eigenvalue weighted by Crippen LogP contribution is 2.59. The van der Waals surface area contributed by atoms with Crippen molar-refractivity contribution in [3.63, 3.8) is 0 Å². The minimum Gasteiger partial charge on any atom is -0.496 e. The molecule has 1 aliphatic heterocycles. The third-order valence-electron chi connectivity index (χ3n) is 6.08. The van der Waals surface area contributed by atoms with Gasteiger partial charge in [0.15, 0.2) is 11.0 Å². The van der Waals surface area contributed by atoms with Crippen LogP contribution in [0.5, 0.6) is 5.75 Å². The molecule has 2 aromatic rings. The van der Waals surface area contributed by atoms with Crippen LogP contribution >= 0.6 is 0 Å². The lowest BCUT2D eigenvalue weighted by atomic mass is 9.76. The van der Waals surface area contributed by atoms with Gasteiger partial charge >= 0.3 is 6.18 Å². The minimum absolute atomic E-state index is 0.132. The van der Waals surface area contributed by atoms with Crippen LogP contribution in [0.4, 0.5) is 17.6 Å². The monoisotopic (exact) mass is 413 g/mol. The summed E-state index contributed by atoms with van der Waals surface area (Å²) in [5.41, 5.74) is -1.09. The van der Waals surface area contributed by atoms with Crippen LogP contribution in [0.15, 0.2) is 29.1 Å². The summed E-state index contributed by atoms with van der Waals surface area (Å²) in [6.07, 6.45) is -5.74. The molecular weight excluding hydrogens is 390 g/mol. The third-order valence-corrected chi connectivity index (χ3v) is 6.08. The van der Waals surface area contributed by atoms with E-state index in [-0.39, 0.29) is 16.9 Å². The first-order valence-electron chi connectivity index (χ1n) is 9.19. The molecule has 1 aromatic carbocycles. The van der Waals surface area contributed by atoms with Crippen molar-refractivity contribution in [3.8, 4) is 5.75 Å². The maximum absolute atomic E-state index is 14.0. The average molecular weight is 413 g/mol. The summed E-state index contributed by atoms with van der Waals surface area (Å²) in [5, 5.41) is 0. The molecule has 1 aliphatic rings. The molecule has 2 heterocycles. The number of pyridine rings is 1. The molecule has 1 saturated heterocycles. The largest absolute Gasteiger partial charge is 0.496 e. The highest BCUT2D eigenvalue weighted by Gasteiger charge is 2.64. The Morgan fingerprint density at radius 2 is 1.86 bits per heavy atom. The van der Waals surface area contributed by atoms with Crippen LogP contribution < -0.4 is 10.2 Å². The molecule has 1 aromatic heterocycles. The summed E-state index contributed by atoms with van der Waals surface area (Å²) in [6.45, 7) is 5.76. The van der Waals surface area contributed by atoms with Crippen LogP contribution in [-0.2, 0) is 4.74 Å². The molecule has 0 saturated carbocycles. The van der Waals surface area contributed by atoms with Crippen molar-refractivity contribution >= 4 is 0 Å². The lowest BCUT2D eigenvalue weighted by Gasteiger charge is -2.32. The zero-order chi connectivity index (χ0) is 21.7. The molecule has 0 amide bonds. The Morgan fingerprint density at radius 3 is 2.41 bits per heavy atom. The number of hydrogen-bond acceptors (Lipinski definition) is 3. The van der Waals surface area contributed by atoms with Crippen molar-refractivity contribution in [1.29, 1.82) is 0 Å². The summed E-state index contributed by atoms with van der Waals surface area (Å²) in [4.78, 5) is 15.3. The first-order chi connectivity index (χ1) is 13.4. The van der Waals surface area contributed by atoms with Crippen molar-refractivity contribution in [2.24, 2.45) is 5.92 Å². The Labute approximate surface area is 165 Å². The number of ether oxygens (including phenoxy) is 2. The second-order valence-corrected chi connectivity index (χ2v) is 7.68. The molecular formula is C21H23F4NO3. The number of halogens is 4. The van der Waals surface area contributed by atoms with Crippen LogP contribution in [0.25, 0.3) is 0 Å². The summed E-state index contributed by atoms with van der Waals surface area (Å²) in [7, 11) is 1.33. The van der Waals surface area contributed by atoms with E-state index in [1.807, 2.05) is 0 Å². The van der Waals surface area contributed by atoms with Crippen molar-refractivity contribution in [2.75, 3.05) is 7.11 Å². The van der Waals surface area contributed by atoms with E-state index in [0.29, 0.717) is 16.8 Å². The predicted octanol–water partition coefficient (Wildman–Crippen LogP) is 4.95. The van der Waals surface area contributed by atoms with E-state index < -0.39 is 35.5 Å². The van der Waals surface area contributed by atoms with Gasteiger partial charge in [0.1, 0.15) is 17.7 Å². The second-order valence-electron chi connectivity index (χ2n) is 7.68. The minimum atomic E-state index is -4.65. The maximum atomic E-state index is 14.0. The normalized spacial score (nSPS) is 27.3. The molecule has 1 N–H and O–H groups in total. The molecule has 0 spiro atoms. The molecule has 0 unspecified atom stereocenters. The van der Waals surface area contributed by atoms with E-state index in [9.17, 15) is 22.4 Å². The Balaban J connectivity index is 2.23. The van der Waals surface area contributed by atoms with E-state index in [1.165, 1.54) is 32.2 Å². The number of aryl methyl sites for hydroxylation is 1. The number of methoxy groups -OCH3 is 1. The molecule has 4 nitrogen and oxygen atoms in total. The Hall–Kier alpha value is -2.35. The van der Waals surface area contributed by atoms with Crippen molar-refractivity contribution in [1.82, 2.24) is 4.98 Å². The lowest BCUT2D eigenvalue weighted by Crippen LogP contribution is -2.46. The summed E-state index contributed by atoms with van der Waals surface area (Å²) in [6, 6.07) is 4.98. The van der Waals surface area contributed by atoms with Crippen LogP contribution in [0.2, 0.25) is 0 Å². The van der Waals surface area contributed by atoms with Crippen molar-refractivity contribution in [3.05, 3.63) is 62.8 Å².